The van der Waals surface area contributed by atoms with Gasteiger partial charge in [-0.25, -0.2) is 0 Å². The fourth-order valence-corrected chi connectivity index (χ4v) is 3.61. The fraction of sp³-hybridized carbons (Fsp3) is 0.333. The Labute approximate surface area is 153 Å². The molecule has 0 spiro atoms. The number of nitrogens with zero attached hydrogens (tertiary/aromatic N) is 4. The highest BCUT2D eigenvalue weighted by atomic mass is 16.2. The van der Waals surface area contributed by atoms with Crippen LogP contribution in [0.1, 0.15) is 40.4 Å². The molecule has 1 aliphatic rings. The molecule has 134 valence electrons. The van der Waals surface area contributed by atoms with Gasteiger partial charge in [-0.05, 0) is 55.2 Å². The number of rotatable bonds is 4. The Morgan fingerprint density at radius 2 is 1.96 bits per heavy atom. The highest BCUT2D eigenvalue weighted by Gasteiger charge is 2.25. The molecule has 1 saturated heterocycles. The molecule has 1 atom stereocenters. The van der Waals surface area contributed by atoms with E-state index in [2.05, 4.69) is 15.9 Å². The average Bonchev–Trinajstić information content (AvgIpc) is 3.34. The van der Waals surface area contributed by atoms with Gasteiger partial charge in [-0.15, -0.1) is 0 Å². The van der Waals surface area contributed by atoms with Gasteiger partial charge in [0.2, 0.25) is 0 Å². The third-order valence-electron chi connectivity index (χ3n) is 5.02. The predicted molar refractivity (Wildman–Crippen MR) is 101 cm³/mol. The van der Waals surface area contributed by atoms with Crippen molar-refractivity contribution in [2.24, 2.45) is 0 Å². The van der Waals surface area contributed by atoms with Gasteiger partial charge < -0.3 is 9.47 Å². The molecule has 0 N–H and O–H groups in total. The molecule has 2 aromatic heterocycles. The van der Waals surface area contributed by atoms with Crippen LogP contribution >= 0.6 is 0 Å². The molecule has 3 aromatic rings. The number of aromatic nitrogens is 3. The second-order valence-corrected chi connectivity index (χ2v) is 7.10. The van der Waals surface area contributed by atoms with Crippen molar-refractivity contribution >= 4 is 5.91 Å². The van der Waals surface area contributed by atoms with Gasteiger partial charge in [-0.1, -0.05) is 12.1 Å². The second-order valence-electron chi connectivity index (χ2n) is 7.10. The normalized spacial score (nSPS) is 17.4. The highest BCUT2D eigenvalue weighted by molar-refractivity contribution is 5.94. The van der Waals surface area contributed by atoms with Gasteiger partial charge in [-0.3, -0.25) is 9.48 Å². The Kier molecular flexibility index (Phi) is 4.61. The van der Waals surface area contributed by atoms with Gasteiger partial charge in [0, 0.05) is 43.8 Å². The Morgan fingerprint density at radius 3 is 2.65 bits per heavy atom. The molecule has 1 fully saturated rings. The van der Waals surface area contributed by atoms with Crippen molar-refractivity contribution in [3.63, 3.8) is 0 Å². The molecule has 1 amide bonds. The minimum atomic E-state index is 0.117. The molecule has 3 heterocycles. The van der Waals surface area contributed by atoms with Crippen LogP contribution in [0.4, 0.5) is 0 Å². The Morgan fingerprint density at radius 1 is 1.19 bits per heavy atom. The molecular formula is C21H24N4O. The minimum absolute atomic E-state index is 0.117. The first-order valence-corrected chi connectivity index (χ1v) is 9.19. The maximum absolute atomic E-state index is 12.9. The summed E-state index contributed by atoms with van der Waals surface area (Å²) in [5, 5.41) is 4.43. The van der Waals surface area contributed by atoms with Gasteiger partial charge in [0.1, 0.15) is 0 Å². The van der Waals surface area contributed by atoms with Crippen LogP contribution in [-0.4, -0.2) is 38.2 Å². The standard InChI is InChI=1S/C21H24N4O/c1-17-13-22-25(14-17)20-5-4-12-24(16-20)21(26)19-8-6-18(7-9-19)15-23-10-2-3-11-23/h2-3,6-11,13-14,20H,4-5,12,15-16H2,1H3/t20-/m1/s1. The number of amides is 1. The molecule has 0 bridgehead atoms. The molecule has 1 aliphatic heterocycles. The summed E-state index contributed by atoms with van der Waals surface area (Å²) in [4.78, 5) is 14.9. The lowest BCUT2D eigenvalue weighted by atomic mass is 10.0. The first-order chi connectivity index (χ1) is 12.7. The monoisotopic (exact) mass is 348 g/mol. The van der Waals surface area contributed by atoms with Crippen molar-refractivity contribution in [1.82, 2.24) is 19.2 Å². The van der Waals surface area contributed by atoms with E-state index in [9.17, 15) is 4.79 Å². The van der Waals surface area contributed by atoms with Gasteiger partial charge in [0.05, 0.1) is 12.2 Å². The van der Waals surface area contributed by atoms with Crippen LogP contribution in [0.3, 0.4) is 0 Å². The molecule has 5 heteroatoms. The first-order valence-electron chi connectivity index (χ1n) is 9.19. The van der Waals surface area contributed by atoms with Gasteiger partial charge in [0.25, 0.3) is 5.91 Å². The Bertz CT molecular complexity index is 864. The van der Waals surface area contributed by atoms with E-state index >= 15 is 0 Å². The lowest BCUT2D eigenvalue weighted by molar-refractivity contribution is 0.0673. The highest BCUT2D eigenvalue weighted by Crippen LogP contribution is 2.23. The van der Waals surface area contributed by atoms with Gasteiger partial charge in [0.15, 0.2) is 0 Å². The van der Waals surface area contributed by atoms with Crippen molar-refractivity contribution < 1.29 is 4.79 Å². The van der Waals surface area contributed by atoms with Crippen molar-refractivity contribution in [1.29, 1.82) is 0 Å². The number of hydrogen-bond donors (Lipinski definition) is 0. The molecule has 4 rings (SSSR count). The number of likely N-dealkylation sites (tertiary alicyclic amines) is 1. The van der Waals surface area contributed by atoms with Crippen LogP contribution in [0, 0.1) is 6.92 Å². The number of carbonyl (C=O) groups excluding carboxylic acids is 1. The number of piperidine rings is 1. The second kappa shape index (κ2) is 7.20. The summed E-state index contributed by atoms with van der Waals surface area (Å²) in [5.74, 6) is 0.117. The van der Waals surface area contributed by atoms with E-state index in [0.29, 0.717) is 0 Å². The van der Waals surface area contributed by atoms with E-state index in [1.807, 2.05) is 71.5 Å². The molecule has 1 aromatic carbocycles. The van der Waals surface area contributed by atoms with E-state index in [1.54, 1.807) is 0 Å². The maximum Gasteiger partial charge on any atom is 0.253 e. The lowest BCUT2D eigenvalue weighted by Gasteiger charge is -2.33. The van der Waals surface area contributed by atoms with Crippen LogP contribution in [0.5, 0.6) is 0 Å². The van der Waals surface area contributed by atoms with Crippen molar-refractivity contribution in [2.75, 3.05) is 13.1 Å². The van der Waals surface area contributed by atoms with Crippen LogP contribution < -0.4 is 0 Å². The summed E-state index contributed by atoms with van der Waals surface area (Å²) < 4.78 is 4.13. The zero-order valence-electron chi connectivity index (χ0n) is 15.1. The SMILES string of the molecule is Cc1cnn([C@@H]2CCCN(C(=O)c3ccc(Cn4cccc4)cc3)C2)c1. The fourth-order valence-electron chi connectivity index (χ4n) is 3.61. The third-order valence-corrected chi connectivity index (χ3v) is 5.02. The number of benzene rings is 1. The largest absolute Gasteiger partial charge is 0.350 e. The van der Waals surface area contributed by atoms with Crippen LogP contribution in [-0.2, 0) is 6.54 Å². The topological polar surface area (TPSA) is 43.1 Å². The summed E-state index contributed by atoms with van der Waals surface area (Å²) in [6, 6.07) is 12.3. The quantitative estimate of drug-likeness (QED) is 0.724. The molecule has 0 aliphatic carbocycles. The van der Waals surface area contributed by atoms with Crippen molar-refractivity contribution in [3.8, 4) is 0 Å². The zero-order valence-corrected chi connectivity index (χ0v) is 15.1. The minimum Gasteiger partial charge on any atom is -0.350 e. The molecule has 0 saturated carbocycles. The number of aryl methyl sites for hydroxylation is 1. The van der Waals surface area contributed by atoms with Crippen LogP contribution in [0.25, 0.3) is 0 Å². The predicted octanol–water partition coefficient (Wildman–Crippen LogP) is 3.52. The van der Waals surface area contributed by atoms with E-state index in [0.717, 1.165) is 43.6 Å². The smallest absolute Gasteiger partial charge is 0.253 e. The van der Waals surface area contributed by atoms with E-state index in [-0.39, 0.29) is 11.9 Å². The summed E-state index contributed by atoms with van der Waals surface area (Å²) in [6.07, 6.45) is 10.1. The van der Waals surface area contributed by atoms with E-state index < -0.39 is 0 Å². The zero-order chi connectivity index (χ0) is 17.9. The molecule has 0 unspecified atom stereocenters. The number of carbonyl (C=O) groups is 1. The van der Waals surface area contributed by atoms with E-state index in [4.69, 9.17) is 0 Å². The van der Waals surface area contributed by atoms with Crippen LogP contribution in [0.2, 0.25) is 0 Å². The lowest BCUT2D eigenvalue weighted by Crippen LogP contribution is -2.40. The summed E-state index contributed by atoms with van der Waals surface area (Å²) in [7, 11) is 0. The average molecular weight is 348 g/mol. The Balaban J connectivity index is 1.43. The van der Waals surface area contributed by atoms with Gasteiger partial charge in [-0.2, -0.15) is 5.10 Å². The number of hydrogen-bond acceptors (Lipinski definition) is 2. The first kappa shape index (κ1) is 16.6. The molecule has 5 nitrogen and oxygen atoms in total. The molecular weight excluding hydrogens is 324 g/mol. The van der Waals surface area contributed by atoms with Crippen LogP contribution in [0.15, 0.2) is 61.2 Å². The van der Waals surface area contributed by atoms with E-state index in [1.165, 1.54) is 5.56 Å². The summed E-state index contributed by atoms with van der Waals surface area (Å²) in [5.41, 5.74) is 3.12. The molecule has 0 radical (unpaired) electrons. The Hall–Kier alpha value is -2.82. The van der Waals surface area contributed by atoms with Gasteiger partial charge >= 0.3 is 0 Å². The maximum atomic E-state index is 12.9. The van der Waals surface area contributed by atoms with Crippen molar-refractivity contribution in [2.45, 2.75) is 32.4 Å². The summed E-state index contributed by atoms with van der Waals surface area (Å²) >= 11 is 0. The summed E-state index contributed by atoms with van der Waals surface area (Å²) in [6.45, 7) is 4.42. The molecule has 26 heavy (non-hydrogen) atoms. The van der Waals surface area contributed by atoms with Crippen molar-refractivity contribution in [3.05, 3.63) is 77.9 Å². The third kappa shape index (κ3) is 3.57.